The molecule has 0 aliphatic heterocycles. The number of nitrogens with one attached hydrogen (secondary N) is 1. The van der Waals surface area contributed by atoms with Crippen LogP contribution in [-0.4, -0.2) is 52.5 Å². The SMILES string of the molecule is COCCNC(=O)CN(C)S(=O)(=O)c1cc(C)c(Br)s1. The number of carbonyl (C=O) groups excluding carboxylic acids is 1. The van der Waals surface area contributed by atoms with E-state index in [4.69, 9.17) is 4.74 Å². The molecule has 0 aliphatic carbocycles. The topological polar surface area (TPSA) is 75.7 Å². The fraction of sp³-hybridized carbons (Fsp3) is 0.545. The van der Waals surface area contributed by atoms with Crippen LogP contribution in [0.25, 0.3) is 0 Å². The number of ether oxygens (including phenoxy) is 1. The monoisotopic (exact) mass is 384 g/mol. The molecule has 0 saturated carbocycles. The first-order valence-electron chi connectivity index (χ1n) is 5.77. The average Bonchev–Trinajstić information content (AvgIpc) is 2.70. The summed E-state index contributed by atoms with van der Waals surface area (Å²) in [4.78, 5) is 11.6. The van der Waals surface area contributed by atoms with Crippen molar-refractivity contribution in [2.24, 2.45) is 0 Å². The van der Waals surface area contributed by atoms with E-state index in [-0.39, 0.29) is 16.7 Å². The van der Waals surface area contributed by atoms with E-state index in [2.05, 4.69) is 21.2 Å². The molecule has 0 radical (unpaired) electrons. The van der Waals surface area contributed by atoms with Gasteiger partial charge in [0.05, 0.1) is 16.9 Å². The van der Waals surface area contributed by atoms with Crippen molar-refractivity contribution in [3.8, 4) is 0 Å². The summed E-state index contributed by atoms with van der Waals surface area (Å²) >= 11 is 4.43. The molecule has 1 heterocycles. The fourth-order valence-corrected chi connectivity index (χ4v) is 4.91. The number of hydrogen-bond donors (Lipinski definition) is 1. The minimum Gasteiger partial charge on any atom is -0.383 e. The van der Waals surface area contributed by atoms with Crippen LogP contribution in [0.3, 0.4) is 0 Å². The first-order chi connectivity index (χ1) is 9.28. The Labute approximate surface area is 131 Å². The molecular weight excluding hydrogens is 368 g/mol. The van der Waals surface area contributed by atoms with Gasteiger partial charge in [-0.3, -0.25) is 4.79 Å². The maximum Gasteiger partial charge on any atom is 0.252 e. The minimum absolute atomic E-state index is 0.217. The van der Waals surface area contributed by atoms with Gasteiger partial charge in [0, 0.05) is 20.7 Å². The summed E-state index contributed by atoms with van der Waals surface area (Å²) in [7, 11) is -0.726. The summed E-state index contributed by atoms with van der Waals surface area (Å²) < 4.78 is 31.4. The van der Waals surface area contributed by atoms with Crippen molar-refractivity contribution in [1.29, 1.82) is 0 Å². The summed E-state index contributed by atoms with van der Waals surface area (Å²) in [6.07, 6.45) is 0. The molecule has 6 nitrogen and oxygen atoms in total. The third kappa shape index (κ3) is 4.52. The number of thiophene rings is 1. The largest absolute Gasteiger partial charge is 0.383 e. The van der Waals surface area contributed by atoms with E-state index in [1.165, 1.54) is 14.2 Å². The zero-order valence-electron chi connectivity index (χ0n) is 11.5. The highest BCUT2D eigenvalue weighted by Gasteiger charge is 2.25. The number of nitrogens with zero attached hydrogens (tertiary/aromatic N) is 1. The predicted molar refractivity (Wildman–Crippen MR) is 81.5 cm³/mol. The van der Waals surface area contributed by atoms with Gasteiger partial charge in [-0.15, -0.1) is 11.3 Å². The van der Waals surface area contributed by atoms with Gasteiger partial charge in [0.1, 0.15) is 4.21 Å². The summed E-state index contributed by atoms with van der Waals surface area (Å²) in [5, 5.41) is 2.58. The van der Waals surface area contributed by atoms with Crippen molar-refractivity contribution in [3.63, 3.8) is 0 Å². The van der Waals surface area contributed by atoms with Crippen LogP contribution >= 0.6 is 27.3 Å². The van der Waals surface area contributed by atoms with Gasteiger partial charge in [0.2, 0.25) is 5.91 Å². The fourth-order valence-electron chi connectivity index (χ4n) is 1.35. The van der Waals surface area contributed by atoms with Gasteiger partial charge in [-0.2, -0.15) is 4.31 Å². The number of methoxy groups -OCH3 is 1. The smallest absolute Gasteiger partial charge is 0.252 e. The molecule has 1 aromatic rings. The number of likely N-dealkylation sites (N-methyl/N-ethyl adjacent to an activating group) is 1. The number of aryl methyl sites for hydroxylation is 1. The molecule has 1 amide bonds. The molecule has 114 valence electrons. The number of hydrogen-bond acceptors (Lipinski definition) is 5. The molecule has 0 spiro atoms. The molecule has 0 aromatic carbocycles. The highest BCUT2D eigenvalue weighted by Crippen LogP contribution is 2.31. The Hall–Kier alpha value is -0.480. The number of rotatable bonds is 7. The van der Waals surface area contributed by atoms with Gasteiger partial charge in [-0.25, -0.2) is 8.42 Å². The van der Waals surface area contributed by atoms with Gasteiger partial charge in [-0.1, -0.05) is 0 Å². The van der Waals surface area contributed by atoms with Crippen molar-refractivity contribution >= 4 is 43.2 Å². The van der Waals surface area contributed by atoms with Crippen LogP contribution in [0.1, 0.15) is 5.56 Å². The van der Waals surface area contributed by atoms with E-state index in [1.807, 2.05) is 6.92 Å². The van der Waals surface area contributed by atoms with E-state index in [0.29, 0.717) is 13.2 Å². The van der Waals surface area contributed by atoms with E-state index >= 15 is 0 Å². The molecule has 0 aliphatic rings. The van der Waals surface area contributed by atoms with Crippen LogP contribution in [0, 0.1) is 6.92 Å². The molecule has 1 N–H and O–H groups in total. The maximum absolute atomic E-state index is 12.3. The van der Waals surface area contributed by atoms with Crippen LogP contribution in [-0.2, 0) is 19.6 Å². The molecule has 1 rings (SSSR count). The standard InChI is InChI=1S/C11H17BrN2O4S2/c1-8-6-10(19-11(8)12)20(16,17)14(2)7-9(15)13-4-5-18-3/h6H,4-5,7H2,1-3H3,(H,13,15). The highest BCUT2D eigenvalue weighted by molar-refractivity contribution is 9.11. The second-order valence-electron chi connectivity index (χ2n) is 4.13. The zero-order valence-corrected chi connectivity index (χ0v) is 14.7. The van der Waals surface area contributed by atoms with Crippen molar-refractivity contribution in [2.75, 3.05) is 33.9 Å². The highest BCUT2D eigenvalue weighted by atomic mass is 79.9. The lowest BCUT2D eigenvalue weighted by Crippen LogP contribution is -2.39. The number of sulfonamides is 1. The molecule has 1 aromatic heterocycles. The molecule has 20 heavy (non-hydrogen) atoms. The lowest BCUT2D eigenvalue weighted by Gasteiger charge is -2.15. The molecule has 0 unspecified atom stereocenters. The third-order valence-electron chi connectivity index (χ3n) is 2.49. The average molecular weight is 385 g/mol. The summed E-state index contributed by atoms with van der Waals surface area (Å²) in [5.74, 6) is -0.361. The third-order valence-corrected chi connectivity index (χ3v) is 6.88. The quantitative estimate of drug-likeness (QED) is 0.716. The Balaban J connectivity index is 2.70. The van der Waals surface area contributed by atoms with Crippen LogP contribution in [0.2, 0.25) is 0 Å². The van der Waals surface area contributed by atoms with Crippen LogP contribution in [0.5, 0.6) is 0 Å². The second kappa shape index (κ2) is 7.51. The first kappa shape index (κ1) is 17.6. The van der Waals surface area contributed by atoms with Gasteiger partial charge in [0.25, 0.3) is 10.0 Å². The molecule has 9 heteroatoms. The van der Waals surface area contributed by atoms with Crippen LogP contribution in [0.15, 0.2) is 14.1 Å². The molecular formula is C11H17BrN2O4S2. The van der Waals surface area contributed by atoms with Crippen LogP contribution in [0.4, 0.5) is 0 Å². The zero-order chi connectivity index (χ0) is 15.3. The Bertz CT molecular complexity index is 551. The van der Waals surface area contributed by atoms with Crippen molar-refractivity contribution < 1.29 is 17.9 Å². The number of halogens is 1. The minimum atomic E-state index is -3.64. The predicted octanol–water partition coefficient (Wildman–Crippen LogP) is 1.20. The number of carbonyl (C=O) groups is 1. The molecule has 0 saturated heterocycles. The Morgan fingerprint density at radius 3 is 2.70 bits per heavy atom. The van der Waals surface area contributed by atoms with Crippen molar-refractivity contribution in [1.82, 2.24) is 9.62 Å². The van der Waals surface area contributed by atoms with E-state index in [1.54, 1.807) is 6.07 Å². The summed E-state index contributed by atoms with van der Waals surface area (Å²) in [5.41, 5.74) is 0.853. The normalized spacial score (nSPS) is 11.8. The van der Waals surface area contributed by atoms with Gasteiger partial charge in [-0.05, 0) is 34.5 Å². The maximum atomic E-state index is 12.3. The van der Waals surface area contributed by atoms with Crippen molar-refractivity contribution in [3.05, 3.63) is 15.4 Å². The Morgan fingerprint density at radius 1 is 1.55 bits per heavy atom. The molecule has 0 fully saturated rings. The molecule has 0 bridgehead atoms. The van der Waals surface area contributed by atoms with E-state index in [9.17, 15) is 13.2 Å². The number of amides is 1. The van der Waals surface area contributed by atoms with E-state index in [0.717, 1.165) is 25.0 Å². The second-order valence-corrected chi connectivity index (χ2v) is 8.77. The first-order valence-corrected chi connectivity index (χ1v) is 8.82. The van der Waals surface area contributed by atoms with Crippen molar-refractivity contribution in [2.45, 2.75) is 11.1 Å². The Kier molecular flexibility index (Phi) is 6.59. The summed E-state index contributed by atoms with van der Waals surface area (Å²) in [6, 6.07) is 1.59. The van der Waals surface area contributed by atoms with Gasteiger partial charge < -0.3 is 10.1 Å². The van der Waals surface area contributed by atoms with E-state index < -0.39 is 10.0 Å². The van der Waals surface area contributed by atoms with Crippen LogP contribution < -0.4 is 5.32 Å². The molecule has 0 atom stereocenters. The van der Waals surface area contributed by atoms with Gasteiger partial charge in [0.15, 0.2) is 0 Å². The summed E-state index contributed by atoms with van der Waals surface area (Å²) in [6.45, 7) is 2.34. The Morgan fingerprint density at radius 2 is 2.20 bits per heavy atom. The lowest BCUT2D eigenvalue weighted by atomic mass is 10.4. The van der Waals surface area contributed by atoms with Gasteiger partial charge >= 0.3 is 0 Å². The lowest BCUT2D eigenvalue weighted by molar-refractivity contribution is -0.121.